The molecule has 0 spiro atoms. The van der Waals surface area contributed by atoms with E-state index in [-0.39, 0.29) is 11.1 Å². The summed E-state index contributed by atoms with van der Waals surface area (Å²) in [4.78, 5) is 22.2. The molecule has 0 amide bonds. The van der Waals surface area contributed by atoms with Crippen molar-refractivity contribution in [1.82, 2.24) is 0 Å². The monoisotopic (exact) mass is 673 g/mol. The molecule has 4 nitrogen and oxygen atoms in total. The number of halogens is 17. The minimum absolute atomic E-state index is 0.145. The van der Waals surface area contributed by atoms with Crippen LogP contribution in [0.5, 0.6) is 0 Å². The highest BCUT2D eigenvalue weighted by Gasteiger charge is 2.95. The molecule has 0 saturated carbocycles. The fraction of sp³-hybridized carbons (Fsp3) is 0.435. The Hall–Kier alpha value is -3.68. The number of rotatable bonds is 12. The quantitative estimate of drug-likeness (QED) is 0.0980. The number of nitro groups is 1. The van der Waals surface area contributed by atoms with Crippen molar-refractivity contribution in [3.8, 4) is 0 Å². The zero-order valence-corrected chi connectivity index (χ0v) is 20.6. The van der Waals surface area contributed by atoms with Gasteiger partial charge < -0.3 is 0 Å². The Morgan fingerprint density at radius 2 is 0.886 bits per heavy atom. The van der Waals surface area contributed by atoms with E-state index in [0.29, 0.717) is 0 Å². The first kappa shape index (κ1) is 36.5. The topological polar surface area (TPSA) is 60.2 Å². The number of benzene rings is 2. The minimum Gasteiger partial charge on any atom is -0.289 e. The zero-order valence-electron chi connectivity index (χ0n) is 20.6. The van der Waals surface area contributed by atoms with Crippen LogP contribution in [0.4, 0.5) is 80.3 Å². The molecule has 0 aromatic heterocycles. The molecule has 0 N–H and O–H groups in total. The van der Waals surface area contributed by atoms with E-state index in [1.807, 2.05) is 0 Å². The lowest BCUT2D eigenvalue weighted by molar-refractivity contribution is -0.461. The van der Waals surface area contributed by atoms with E-state index in [1.165, 1.54) is 0 Å². The van der Waals surface area contributed by atoms with Gasteiger partial charge in [-0.05, 0) is 24.1 Å². The minimum atomic E-state index is -8.69. The van der Waals surface area contributed by atoms with E-state index in [2.05, 4.69) is 0 Å². The number of aryl methyl sites for hydroxylation is 1. The van der Waals surface area contributed by atoms with Crippen molar-refractivity contribution in [2.24, 2.45) is 0 Å². The Labute approximate surface area is 232 Å². The smallest absolute Gasteiger partial charge is 0.289 e. The van der Waals surface area contributed by atoms with E-state index in [4.69, 9.17) is 0 Å². The molecule has 2 rings (SSSR count). The summed E-state index contributed by atoms with van der Waals surface area (Å²) >= 11 is 0. The number of carbonyl (C=O) groups is 1. The molecule has 0 unspecified atom stereocenters. The van der Waals surface area contributed by atoms with E-state index < -0.39 is 82.4 Å². The van der Waals surface area contributed by atoms with Gasteiger partial charge in [0.25, 0.3) is 5.69 Å². The normalized spacial score (nSPS) is 14.5. The second-order valence-electron chi connectivity index (χ2n) is 8.98. The van der Waals surface area contributed by atoms with Crippen molar-refractivity contribution >= 4 is 11.5 Å². The van der Waals surface area contributed by atoms with E-state index in [9.17, 15) is 89.5 Å². The highest BCUT2D eigenvalue weighted by atomic mass is 19.4. The first-order valence-corrected chi connectivity index (χ1v) is 11.1. The third kappa shape index (κ3) is 5.64. The molecule has 0 fully saturated rings. The van der Waals surface area contributed by atoms with Gasteiger partial charge in [0.2, 0.25) is 0 Å². The lowest BCUT2D eigenvalue weighted by Gasteiger charge is -2.42. The van der Waals surface area contributed by atoms with E-state index in [1.54, 1.807) is 0 Å². The van der Waals surface area contributed by atoms with E-state index >= 15 is 0 Å². The molecular weight excluding hydrogens is 661 g/mol. The molecule has 2 aromatic rings. The summed E-state index contributed by atoms with van der Waals surface area (Å²) in [6.07, 6.45) is -11.9. The summed E-state index contributed by atoms with van der Waals surface area (Å²) in [5.41, 5.74) is -1.34. The first-order valence-electron chi connectivity index (χ1n) is 11.1. The van der Waals surface area contributed by atoms with Crippen LogP contribution >= 0.6 is 0 Å². The van der Waals surface area contributed by atoms with E-state index in [0.717, 1.165) is 48.5 Å². The van der Waals surface area contributed by atoms with Crippen molar-refractivity contribution in [2.75, 3.05) is 0 Å². The van der Waals surface area contributed by atoms with Gasteiger partial charge in [-0.25, -0.2) is 0 Å². The van der Waals surface area contributed by atoms with Crippen LogP contribution in [-0.2, 0) is 6.42 Å². The largest absolute Gasteiger partial charge is 0.460 e. The Balaban J connectivity index is 2.31. The number of nitro benzene ring substituents is 1. The Morgan fingerprint density at radius 1 is 0.545 bits per heavy atom. The highest BCUT2D eigenvalue weighted by molar-refractivity contribution is 6.09. The van der Waals surface area contributed by atoms with Gasteiger partial charge in [-0.15, -0.1) is 0 Å². The number of nitrogens with zero attached hydrogens (tertiary/aromatic N) is 1. The van der Waals surface area contributed by atoms with Crippen molar-refractivity contribution in [2.45, 2.75) is 60.5 Å². The molecule has 0 aliphatic heterocycles. The Bertz CT molecular complexity index is 1370. The van der Waals surface area contributed by atoms with Crippen molar-refractivity contribution in [3.05, 3.63) is 75.3 Å². The molecule has 0 atom stereocenters. The van der Waals surface area contributed by atoms with Gasteiger partial charge in [0.1, 0.15) is 0 Å². The lowest BCUT2D eigenvalue weighted by atomic mass is 9.87. The summed E-state index contributed by atoms with van der Waals surface area (Å²) in [6, 6.07) is 7.02. The van der Waals surface area contributed by atoms with Crippen LogP contribution in [0, 0.1) is 10.1 Å². The van der Waals surface area contributed by atoms with Crippen LogP contribution in [0.25, 0.3) is 0 Å². The summed E-state index contributed by atoms with van der Waals surface area (Å²) < 4.78 is 227. The average molecular weight is 673 g/mol. The average Bonchev–Trinajstić information content (AvgIpc) is 2.90. The summed E-state index contributed by atoms with van der Waals surface area (Å²) in [7, 11) is 0. The van der Waals surface area contributed by atoms with Gasteiger partial charge in [0.15, 0.2) is 5.78 Å². The number of carbonyl (C=O) groups excluding carboxylic acids is 1. The molecule has 21 heteroatoms. The van der Waals surface area contributed by atoms with Gasteiger partial charge in [0, 0.05) is 29.7 Å². The van der Waals surface area contributed by atoms with Crippen molar-refractivity contribution < 1.29 is 84.4 Å². The highest BCUT2D eigenvalue weighted by Crippen LogP contribution is 2.64. The molecule has 0 radical (unpaired) electrons. The van der Waals surface area contributed by atoms with Crippen molar-refractivity contribution in [1.29, 1.82) is 0 Å². The molecule has 0 aliphatic carbocycles. The van der Waals surface area contributed by atoms with Crippen LogP contribution < -0.4 is 0 Å². The molecule has 2 aromatic carbocycles. The predicted molar refractivity (Wildman–Crippen MR) is 112 cm³/mol. The molecular formula is C23H12F17NO3. The summed E-state index contributed by atoms with van der Waals surface area (Å²) in [6.45, 7) is 0. The maximum absolute atomic E-state index is 14.1. The zero-order chi connectivity index (χ0) is 34.5. The maximum Gasteiger partial charge on any atom is 0.460 e. The van der Waals surface area contributed by atoms with Crippen molar-refractivity contribution in [3.63, 3.8) is 0 Å². The van der Waals surface area contributed by atoms with Crippen LogP contribution in [0.2, 0.25) is 0 Å². The van der Waals surface area contributed by atoms with Crippen LogP contribution in [-0.4, -0.2) is 58.3 Å². The third-order valence-corrected chi connectivity index (χ3v) is 6.07. The molecule has 44 heavy (non-hydrogen) atoms. The number of ketones is 1. The Kier molecular flexibility index (Phi) is 9.16. The second-order valence-corrected chi connectivity index (χ2v) is 8.98. The maximum atomic E-state index is 14.1. The molecule has 0 aliphatic rings. The molecule has 0 saturated heterocycles. The first-order chi connectivity index (χ1) is 19.5. The standard InChI is InChI=1S/C23H12F17NO3/c24-16(25,10-9-11-1-3-12(4-2-11)15(42)13-5-7-14(8-6-13)41(43)44)17(26,27)18(28,29)19(30,31)20(32,33)21(34,35)22(36,37)23(38,39)40/h1-8H,9-10H2. The molecule has 246 valence electrons. The summed E-state index contributed by atoms with van der Waals surface area (Å²) in [5.74, 6) is -57.6. The second kappa shape index (κ2) is 11.0. The third-order valence-electron chi connectivity index (χ3n) is 6.07. The predicted octanol–water partition coefficient (Wildman–Crippen LogP) is 8.77. The lowest BCUT2D eigenvalue weighted by Crippen LogP contribution is -2.74. The summed E-state index contributed by atoms with van der Waals surface area (Å²) in [5, 5.41) is 10.7. The van der Waals surface area contributed by atoms with Crippen LogP contribution in [0.3, 0.4) is 0 Å². The fourth-order valence-corrected chi connectivity index (χ4v) is 3.38. The van der Waals surface area contributed by atoms with Crippen LogP contribution in [0.15, 0.2) is 48.5 Å². The molecule has 0 bridgehead atoms. The van der Waals surface area contributed by atoms with Crippen LogP contribution in [0.1, 0.15) is 27.9 Å². The molecule has 0 heterocycles. The van der Waals surface area contributed by atoms with Gasteiger partial charge in [-0.1, -0.05) is 24.3 Å². The SMILES string of the molecule is O=C(c1ccc(CCC(F)(F)C(F)(F)C(F)(F)C(F)(F)C(F)(F)C(F)(F)C(F)(F)C(F)(F)F)cc1)c1ccc([N+](=O)[O-])cc1. The number of hydrogen-bond donors (Lipinski definition) is 0. The van der Waals surface area contributed by atoms with Gasteiger partial charge >= 0.3 is 47.6 Å². The van der Waals surface area contributed by atoms with Gasteiger partial charge in [0.05, 0.1) is 4.92 Å². The number of non-ortho nitro benzene ring substituents is 1. The fourth-order valence-electron chi connectivity index (χ4n) is 3.38. The van der Waals surface area contributed by atoms with Gasteiger partial charge in [-0.2, -0.15) is 74.6 Å². The Morgan fingerprint density at radius 3 is 1.25 bits per heavy atom. The van der Waals surface area contributed by atoms with Gasteiger partial charge in [-0.3, -0.25) is 14.9 Å². The number of alkyl halides is 17. The number of hydrogen-bond acceptors (Lipinski definition) is 3.